The Morgan fingerprint density at radius 1 is 0.882 bits per heavy atom. The van der Waals surface area contributed by atoms with E-state index in [-0.39, 0.29) is 24.2 Å². The topological polar surface area (TPSA) is 49.4 Å². The van der Waals surface area contributed by atoms with Crippen LogP contribution in [-0.4, -0.2) is 23.3 Å². The van der Waals surface area contributed by atoms with Crippen LogP contribution in [0.2, 0.25) is 5.02 Å². The molecule has 0 saturated heterocycles. The van der Waals surface area contributed by atoms with Crippen LogP contribution < -0.4 is 5.32 Å². The molecule has 5 rings (SSSR count). The van der Waals surface area contributed by atoms with Gasteiger partial charge in [-0.25, -0.2) is 4.39 Å². The minimum absolute atomic E-state index is 0.159. The fourth-order valence-corrected chi connectivity index (χ4v) is 4.45. The largest absolute Gasteiger partial charge is 0.324 e. The van der Waals surface area contributed by atoms with Gasteiger partial charge in [0.2, 0.25) is 5.91 Å². The summed E-state index contributed by atoms with van der Waals surface area (Å²) in [6.45, 7) is -0.159. The van der Waals surface area contributed by atoms with E-state index in [0.717, 1.165) is 11.1 Å². The highest BCUT2D eigenvalue weighted by molar-refractivity contribution is 6.31. The lowest BCUT2D eigenvalue weighted by Gasteiger charge is -2.30. The van der Waals surface area contributed by atoms with Crippen molar-refractivity contribution in [3.8, 4) is 11.1 Å². The van der Waals surface area contributed by atoms with E-state index in [1.165, 1.54) is 17.0 Å². The summed E-state index contributed by atoms with van der Waals surface area (Å²) in [5, 5.41) is 3.32. The smallest absolute Gasteiger partial charge is 0.255 e. The number of amides is 2. The lowest BCUT2D eigenvalue weighted by atomic mass is 9.95. The Kier molecular flexibility index (Phi) is 5.86. The van der Waals surface area contributed by atoms with Gasteiger partial charge >= 0.3 is 0 Å². The lowest BCUT2D eigenvalue weighted by Crippen LogP contribution is -2.39. The van der Waals surface area contributed by atoms with Crippen LogP contribution in [0.5, 0.6) is 0 Å². The van der Waals surface area contributed by atoms with Gasteiger partial charge < -0.3 is 10.2 Å². The Morgan fingerprint density at radius 2 is 1.56 bits per heavy atom. The van der Waals surface area contributed by atoms with Gasteiger partial charge in [0.15, 0.2) is 0 Å². The molecule has 1 atom stereocenters. The van der Waals surface area contributed by atoms with Crippen LogP contribution in [0.25, 0.3) is 11.1 Å². The molecule has 1 aliphatic rings. The maximum absolute atomic E-state index is 13.7. The molecule has 1 N–H and O–H groups in total. The van der Waals surface area contributed by atoms with Crippen LogP contribution >= 0.6 is 11.6 Å². The molecule has 4 aromatic rings. The van der Waals surface area contributed by atoms with Gasteiger partial charge in [0.1, 0.15) is 12.4 Å². The summed E-state index contributed by atoms with van der Waals surface area (Å²) < 4.78 is 13.7. The van der Waals surface area contributed by atoms with Crippen LogP contribution in [-0.2, 0) is 4.79 Å². The Hall–Kier alpha value is -3.96. The van der Waals surface area contributed by atoms with E-state index >= 15 is 0 Å². The summed E-state index contributed by atoms with van der Waals surface area (Å²) in [6, 6.07) is 27.7. The number of nitrogens with one attached hydrogen (secondary N) is 1. The van der Waals surface area contributed by atoms with Crippen LogP contribution in [0.1, 0.15) is 27.5 Å². The molecule has 168 valence electrons. The summed E-state index contributed by atoms with van der Waals surface area (Å²) in [4.78, 5) is 28.0. The maximum Gasteiger partial charge on any atom is 0.255 e. The van der Waals surface area contributed by atoms with Crippen LogP contribution in [0.4, 0.5) is 10.1 Å². The molecule has 0 bridgehead atoms. The number of carbonyl (C=O) groups is 2. The van der Waals surface area contributed by atoms with Crippen molar-refractivity contribution in [3.05, 3.63) is 125 Å². The van der Waals surface area contributed by atoms with Gasteiger partial charge in [-0.2, -0.15) is 0 Å². The molecule has 0 radical (unpaired) electrons. The fourth-order valence-electron chi connectivity index (χ4n) is 4.27. The molecule has 0 saturated carbocycles. The monoisotopic (exact) mass is 470 g/mol. The number of hydrogen-bond donors (Lipinski definition) is 1. The molecule has 1 heterocycles. The van der Waals surface area contributed by atoms with E-state index in [0.29, 0.717) is 27.4 Å². The Morgan fingerprint density at radius 3 is 2.26 bits per heavy atom. The number of benzene rings is 4. The van der Waals surface area contributed by atoms with Gasteiger partial charge in [0, 0.05) is 21.8 Å². The minimum Gasteiger partial charge on any atom is -0.324 e. The first-order valence-corrected chi connectivity index (χ1v) is 11.2. The van der Waals surface area contributed by atoms with Crippen molar-refractivity contribution >= 4 is 29.1 Å². The Balaban J connectivity index is 1.57. The SMILES string of the molecule is O=C1CN(C(=O)c2ccc(-c3ccccc3)cc2)C(c2ccc(F)cc2)c2ccc(Cl)cc2N1. The molecule has 2 amide bonds. The number of rotatable bonds is 3. The number of hydrogen-bond acceptors (Lipinski definition) is 2. The zero-order chi connectivity index (χ0) is 23.7. The van der Waals surface area contributed by atoms with Crippen molar-refractivity contribution in [2.24, 2.45) is 0 Å². The molecular weight excluding hydrogens is 451 g/mol. The predicted molar refractivity (Wildman–Crippen MR) is 131 cm³/mol. The first-order chi connectivity index (χ1) is 16.5. The number of anilines is 1. The van der Waals surface area contributed by atoms with Crippen molar-refractivity contribution in [2.45, 2.75) is 6.04 Å². The van der Waals surface area contributed by atoms with Gasteiger partial charge in [-0.3, -0.25) is 9.59 Å². The normalized spacial score (nSPS) is 15.3. The standard InChI is InChI=1S/C28H20ClFN2O2/c29-22-12-15-24-25(16-22)31-26(33)17-32(27(24)20-10-13-23(30)14-11-20)28(34)21-8-6-19(7-9-21)18-4-2-1-3-5-18/h1-16,27H,17H2,(H,31,33). The molecule has 6 heteroatoms. The van der Waals surface area contributed by atoms with Gasteiger partial charge in [-0.05, 0) is 53.1 Å². The summed E-state index contributed by atoms with van der Waals surface area (Å²) >= 11 is 6.17. The van der Waals surface area contributed by atoms with Crippen molar-refractivity contribution in [2.75, 3.05) is 11.9 Å². The highest BCUT2D eigenvalue weighted by Crippen LogP contribution is 2.38. The number of halogens is 2. The maximum atomic E-state index is 13.7. The third-order valence-corrected chi connectivity index (χ3v) is 6.13. The van der Waals surface area contributed by atoms with Gasteiger partial charge in [0.05, 0.1) is 6.04 Å². The first kappa shape index (κ1) is 21.9. The van der Waals surface area contributed by atoms with Crippen LogP contribution in [0, 0.1) is 5.82 Å². The van der Waals surface area contributed by atoms with E-state index < -0.39 is 6.04 Å². The second kappa shape index (κ2) is 9.12. The second-order valence-corrected chi connectivity index (χ2v) is 8.55. The van der Waals surface area contributed by atoms with Crippen molar-refractivity contribution in [1.82, 2.24) is 4.90 Å². The molecule has 4 aromatic carbocycles. The quantitative estimate of drug-likeness (QED) is 0.380. The highest BCUT2D eigenvalue weighted by Gasteiger charge is 2.34. The van der Waals surface area contributed by atoms with E-state index in [2.05, 4.69) is 5.32 Å². The average Bonchev–Trinajstić information content (AvgIpc) is 3.00. The molecule has 1 aliphatic heterocycles. The van der Waals surface area contributed by atoms with Gasteiger partial charge in [0.25, 0.3) is 5.91 Å². The molecule has 34 heavy (non-hydrogen) atoms. The molecule has 0 aliphatic carbocycles. The third kappa shape index (κ3) is 4.30. The van der Waals surface area contributed by atoms with Crippen LogP contribution in [0.3, 0.4) is 0 Å². The van der Waals surface area contributed by atoms with Crippen molar-refractivity contribution in [3.63, 3.8) is 0 Å². The van der Waals surface area contributed by atoms with E-state index in [1.807, 2.05) is 42.5 Å². The molecular formula is C28H20ClFN2O2. The van der Waals surface area contributed by atoms with E-state index in [4.69, 9.17) is 11.6 Å². The lowest BCUT2D eigenvalue weighted by molar-refractivity contribution is -0.117. The average molecular weight is 471 g/mol. The van der Waals surface area contributed by atoms with Crippen molar-refractivity contribution < 1.29 is 14.0 Å². The summed E-state index contributed by atoms with van der Waals surface area (Å²) in [6.07, 6.45) is 0. The van der Waals surface area contributed by atoms with Gasteiger partial charge in [-0.1, -0.05) is 72.3 Å². The number of fused-ring (bicyclic) bond motifs is 1. The molecule has 1 unspecified atom stereocenters. The zero-order valence-corrected chi connectivity index (χ0v) is 18.8. The molecule has 4 nitrogen and oxygen atoms in total. The molecule has 0 spiro atoms. The molecule has 0 aromatic heterocycles. The molecule has 0 fully saturated rings. The highest BCUT2D eigenvalue weighted by atomic mass is 35.5. The summed E-state index contributed by atoms with van der Waals surface area (Å²) in [5.41, 5.74) is 4.41. The second-order valence-electron chi connectivity index (χ2n) is 8.11. The minimum atomic E-state index is -0.604. The van der Waals surface area contributed by atoms with E-state index in [9.17, 15) is 14.0 Å². The predicted octanol–water partition coefficient (Wildman–Crippen LogP) is 6.33. The van der Waals surface area contributed by atoms with Crippen LogP contribution in [0.15, 0.2) is 97.1 Å². The van der Waals surface area contributed by atoms with E-state index in [1.54, 1.807) is 42.5 Å². The number of nitrogens with zero attached hydrogens (tertiary/aromatic N) is 1. The number of carbonyl (C=O) groups excluding carboxylic acids is 2. The third-order valence-electron chi connectivity index (χ3n) is 5.90. The Labute approximate surface area is 201 Å². The zero-order valence-electron chi connectivity index (χ0n) is 18.0. The first-order valence-electron chi connectivity index (χ1n) is 10.8. The van der Waals surface area contributed by atoms with Gasteiger partial charge in [-0.15, -0.1) is 0 Å². The Bertz CT molecular complexity index is 1360. The summed E-state index contributed by atoms with van der Waals surface area (Å²) in [7, 11) is 0. The fraction of sp³-hybridized carbons (Fsp3) is 0.0714. The summed E-state index contributed by atoms with van der Waals surface area (Å²) in [5.74, 6) is -1.01. The van der Waals surface area contributed by atoms with Crippen molar-refractivity contribution in [1.29, 1.82) is 0 Å².